The second-order valence-corrected chi connectivity index (χ2v) is 14.8. The second-order valence-electron chi connectivity index (χ2n) is 13.1. The number of carbonyl (C=O) groups is 2. The van der Waals surface area contributed by atoms with E-state index in [-0.39, 0.29) is 60.7 Å². The zero-order valence-electron chi connectivity index (χ0n) is 29.5. The maximum Gasteiger partial charge on any atom is 0.355 e. The molecule has 0 fully saturated rings. The highest BCUT2D eigenvalue weighted by atomic mass is 32.2. The highest BCUT2D eigenvalue weighted by Gasteiger charge is 2.50. The first-order valence-electron chi connectivity index (χ1n) is 17.3. The predicted molar refractivity (Wildman–Crippen MR) is 198 cm³/mol. The number of para-hydroxylation sites is 1. The van der Waals surface area contributed by atoms with Crippen molar-refractivity contribution in [1.29, 1.82) is 0 Å². The maximum atomic E-state index is 13.8. The van der Waals surface area contributed by atoms with E-state index in [4.69, 9.17) is 19.2 Å². The molecule has 272 valence electrons. The third-order valence-electron chi connectivity index (χ3n) is 9.63. The zero-order chi connectivity index (χ0) is 37.3. The van der Waals surface area contributed by atoms with Crippen molar-refractivity contribution in [3.63, 3.8) is 0 Å². The summed E-state index contributed by atoms with van der Waals surface area (Å²) in [4.78, 5) is 50.2. The summed E-state index contributed by atoms with van der Waals surface area (Å²) in [5, 5.41) is 0.952. The van der Waals surface area contributed by atoms with Gasteiger partial charge in [0, 0.05) is 35.9 Å². The maximum absolute atomic E-state index is 13.8. The summed E-state index contributed by atoms with van der Waals surface area (Å²) in [5.41, 5.74) is 2.96. The van der Waals surface area contributed by atoms with Crippen molar-refractivity contribution in [2.45, 2.75) is 63.2 Å². The molecule has 0 radical (unpaired) electrons. The lowest BCUT2D eigenvalue weighted by Crippen LogP contribution is -2.47. The Labute approximate surface area is 306 Å². The minimum atomic E-state index is -3.95. The first-order chi connectivity index (χ1) is 25.5. The third kappa shape index (κ3) is 6.91. The van der Waals surface area contributed by atoms with Gasteiger partial charge in [-0.1, -0.05) is 55.0 Å². The molecule has 4 heterocycles. The van der Waals surface area contributed by atoms with Crippen LogP contribution in [0.4, 0.5) is 0 Å². The van der Waals surface area contributed by atoms with Gasteiger partial charge in [0.15, 0.2) is 0 Å². The molecule has 13 heteroatoms. The number of rotatable bonds is 11. The molecule has 0 aliphatic carbocycles. The highest BCUT2D eigenvalue weighted by Crippen LogP contribution is 2.41. The summed E-state index contributed by atoms with van der Waals surface area (Å²) in [6, 6.07) is 25.1. The van der Waals surface area contributed by atoms with Gasteiger partial charge < -0.3 is 18.8 Å². The first kappa shape index (κ1) is 35.6. The number of nitrogens with zero attached hydrogens (tertiary/aromatic N) is 3. The van der Waals surface area contributed by atoms with Gasteiger partial charge in [0.1, 0.15) is 18.2 Å². The van der Waals surface area contributed by atoms with Crippen molar-refractivity contribution in [1.82, 2.24) is 14.3 Å². The van der Waals surface area contributed by atoms with Gasteiger partial charge in [-0.3, -0.25) is 19.3 Å². The zero-order valence-corrected chi connectivity index (χ0v) is 30.4. The molecule has 0 amide bonds. The van der Waals surface area contributed by atoms with E-state index in [2.05, 4.69) is 9.71 Å². The lowest BCUT2D eigenvalue weighted by molar-refractivity contribution is -0.189. The van der Waals surface area contributed by atoms with Crippen molar-refractivity contribution < 1.29 is 32.2 Å². The minimum Gasteiger partial charge on any atom is -0.497 e. The number of sulfonamides is 1. The van der Waals surface area contributed by atoms with Crippen LogP contribution in [0.3, 0.4) is 0 Å². The van der Waals surface area contributed by atoms with Crippen LogP contribution in [0.25, 0.3) is 22.3 Å². The number of amidine groups is 1. The topological polar surface area (TPSA) is 155 Å². The Balaban J connectivity index is 1.11. The fourth-order valence-corrected chi connectivity index (χ4v) is 7.82. The van der Waals surface area contributed by atoms with Crippen LogP contribution < -0.4 is 15.0 Å². The minimum absolute atomic E-state index is 0.0381. The number of carbonyl (C=O) groups excluding carboxylic acids is 2. The molecule has 1 N–H and O–H groups in total. The number of aromatic nitrogens is 2. The second kappa shape index (κ2) is 14.3. The highest BCUT2D eigenvalue weighted by molar-refractivity contribution is 7.90. The quantitative estimate of drug-likeness (QED) is 0.0803. The normalized spacial score (nSPS) is 16.4. The number of aryl methyl sites for hydroxylation is 1. The van der Waals surface area contributed by atoms with Crippen molar-refractivity contribution in [2.75, 3.05) is 13.7 Å². The molecular formula is C40H38N4O8S. The molecule has 5 aromatic rings. The van der Waals surface area contributed by atoms with E-state index in [9.17, 15) is 22.8 Å². The summed E-state index contributed by atoms with van der Waals surface area (Å²) in [6.45, 7) is 3.74. The molecule has 53 heavy (non-hydrogen) atoms. The summed E-state index contributed by atoms with van der Waals surface area (Å²) in [5.74, 6) is -0.589. The number of aliphatic imine (C=N–C) groups is 1. The van der Waals surface area contributed by atoms with Crippen molar-refractivity contribution in [3.05, 3.63) is 123 Å². The molecular weight excluding hydrogens is 697 g/mol. The van der Waals surface area contributed by atoms with E-state index >= 15 is 0 Å². The molecule has 3 aromatic carbocycles. The molecule has 12 nitrogen and oxygen atoms in total. The monoisotopic (exact) mass is 734 g/mol. The number of methoxy groups -OCH3 is 1. The van der Waals surface area contributed by atoms with Crippen LogP contribution in [0.1, 0.15) is 54.0 Å². The Bertz CT molecular complexity index is 2440. The van der Waals surface area contributed by atoms with Crippen LogP contribution in [0.2, 0.25) is 0 Å². The average molecular weight is 735 g/mol. The molecule has 0 saturated carbocycles. The van der Waals surface area contributed by atoms with Gasteiger partial charge >= 0.3 is 11.9 Å². The number of esters is 2. The van der Waals surface area contributed by atoms with Crippen molar-refractivity contribution >= 4 is 38.7 Å². The average Bonchev–Trinajstić information content (AvgIpc) is 3.51. The van der Waals surface area contributed by atoms with E-state index in [1.165, 1.54) is 12.1 Å². The predicted octanol–water partition coefficient (Wildman–Crippen LogP) is 5.35. The first-order valence-corrected chi connectivity index (χ1v) is 18.8. The Kier molecular flexibility index (Phi) is 9.60. The Morgan fingerprint density at radius 2 is 1.79 bits per heavy atom. The Hall–Kier alpha value is -5.82. The standard InChI is InChI=1S/C40H38N4O8S/c1-4-40(32-22-34-37-28(21-27-8-5-6-9-33(27)42-37)23-44(34)38(46)31(32)24-51-39(40)47)52-36(45)10-7-19-41-35(20-26-13-15-29(50-3)16-14-26)43-53(48,49)30-17-11-25(2)12-18-30/h5-6,8-9,11-18,21-22H,4,7,10,19-20,23-24H2,1-3H3,(H,41,43)/t40-/m0/s1. The number of nitrogens with one attached hydrogen (secondary N) is 1. The van der Waals surface area contributed by atoms with Gasteiger partial charge in [0.05, 0.1) is 41.0 Å². The molecule has 0 saturated heterocycles. The number of fused-ring (bicyclic) bond motifs is 5. The summed E-state index contributed by atoms with van der Waals surface area (Å²) in [7, 11) is -2.39. The third-order valence-corrected chi connectivity index (χ3v) is 11.0. The van der Waals surface area contributed by atoms with Crippen LogP contribution in [0.5, 0.6) is 5.75 Å². The summed E-state index contributed by atoms with van der Waals surface area (Å²) < 4.78 is 47.4. The number of pyridine rings is 2. The van der Waals surface area contributed by atoms with Crippen molar-refractivity contribution in [3.8, 4) is 17.1 Å². The number of cyclic esters (lactones) is 1. The van der Waals surface area contributed by atoms with Crippen LogP contribution in [-0.2, 0) is 54.3 Å². The largest absolute Gasteiger partial charge is 0.497 e. The van der Waals surface area contributed by atoms with E-state index in [1.54, 1.807) is 48.9 Å². The van der Waals surface area contributed by atoms with Crippen LogP contribution in [0.15, 0.2) is 99.6 Å². The number of hydrogen-bond acceptors (Lipinski definition) is 10. The van der Waals surface area contributed by atoms with Gasteiger partial charge in [0.2, 0.25) is 5.60 Å². The van der Waals surface area contributed by atoms with Crippen LogP contribution in [0, 0.1) is 6.92 Å². The molecule has 0 unspecified atom stereocenters. The van der Waals surface area contributed by atoms with Crippen LogP contribution >= 0.6 is 0 Å². The SMILES string of the molecule is CC[C@@]1(OC(=O)CCCN=C(Cc2ccc(OC)cc2)NS(=O)(=O)c2ccc(C)cc2)C(=O)OCc2c1cc1n(c2=O)Cc2cc3ccccc3nc2-1. The van der Waals surface area contributed by atoms with E-state index < -0.39 is 27.6 Å². The Morgan fingerprint density at radius 1 is 1.04 bits per heavy atom. The Morgan fingerprint density at radius 3 is 2.53 bits per heavy atom. The van der Waals surface area contributed by atoms with E-state index in [1.807, 2.05) is 49.4 Å². The molecule has 2 aliphatic heterocycles. The smallest absolute Gasteiger partial charge is 0.355 e. The molecule has 2 aromatic heterocycles. The lowest BCUT2D eigenvalue weighted by atomic mass is 9.85. The van der Waals surface area contributed by atoms with Gasteiger partial charge in [0.25, 0.3) is 15.6 Å². The van der Waals surface area contributed by atoms with Gasteiger partial charge in [-0.25, -0.2) is 18.2 Å². The lowest BCUT2D eigenvalue weighted by Gasteiger charge is -2.35. The van der Waals surface area contributed by atoms with Gasteiger partial charge in [-0.2, -0.15) is 0 Å². The van der Waals surface area contributed by atoms with E-state index in [0.717, 1.165) is 27.6 Å². The number of benzene rings is 3. The molecule has 7 rings (SSSR count). The molecule has 0 bridgehead atoms. The molecule has 2 aliphatic rings. The van der Waals surface area contributed by atoms with Gasteiger partial charge in [-0.15, -0.1) is 0 Å². The van der Waals surface area contributed by atoms with Crippen molar-refractivity contribution in [2.24, 2.45) is 4.99 Å². The van der Waals surface area contributed by atoms with E-state index in [0.29, 0.717) is 29.2 Å². The fraction of sp³-hybridized carbons (Fsp3) is 0.275. The molecule has 1 atom stereocenters. The summed E-state index contributed by atoms with van der Waals surface area (Å²) in [6.07, 6.45) is 0.274. The fourth-order valence-electron chi connectivity index (χ4n) is 6.76. The summed E-state index contributed by atoms with van der Waals surface area (Å²) >= 11 is 0. The van der Waals surface area contributed by atoms with Gasteiger partial charge in [-0.05, 0) is 67.8 Å². The molecule has 0 spiro atoms. The number of ether oxygens (including phenoxy) is 3. The van der Waals surface area contributed by atoms with Crippen LogP contribution in [-0.4, -0.2) is 49.4 Å². The number of hydrogen-bond donors (Lipinski definition) is 1.